The van der Waals surface area contributed by atoms with Gasteiger partial charge in [-0.05, 0) is 25.1 Å². The first-order valence-corrected chi connectivity index (χ1v) is 9.46. The van der Waals surface area contributed by atoms with Gasteiger partial charge in [0.1, 0.15) is 5.75 Å². The van der Waals surface area contributed by atoms with E-state index in [2.05, 4.69) is 15.2 Å². The Morgan fingerprint density at radius 1 is 1.15 bits per heavy atom. The summed E-state index contributed by atoms with van der Waals surface area (Å²) < 4.78 is 11.5. The molecule has 0 saturated carbocycles. The molecule has 27 heavy (non-hydrogen) atoms. The number of aromatic amines is 1. The number of carbonyl (C=O) groups excluding carboxylic acids is 1. The second-order valence-corrected chi connectivity index (χ2v) is 6.92. The lowest BCUT2D eigenvalue weighted by molar-refractivity contribution is 0.101. The zero-order valence-electron chi connectivity index (χ0n) is 14.6. The summed E-state index contributed by atoms with van der Waals surface area (Å²) in [5.41, 5.74) is 2.50. The molecule has 0 radical (unpaired) electrons. The van der Waals surface area contributed by atoms with Crippen molar-refractivity contribution in [3.05, 3.63) is 60.3 Å². The number of ether oxygens (including phenoxy) is 1. The number of thioether (sulfide) groups is 1. The van der Waals surface area contributed by atoms with Crippen LogP contribution in [0.5, 0.6) is 5.75 Å². The third kappa shape index (κ3) is 3.73. The first-order valence-electron chi connectivity index (χ1n) is 8.48. The van der Waals surface area contributed by atoms with Gasteiger partial charge < -0.3 is 14.1 Å². The van der Waals surface area contributed by atoms with E-state index in [1.165, 1.54) is 18.7 Å². The number of Topliss-reactive ketones (excluding diaryl/α,β-unsaturated/α-hetero) is 1. The highest BCUT2D eigenvalue weighted by Crippen LogP contribution is 2.29. The predicted octanol–water partition coefficient (Wildman–Crippen LogP) is 4.59. The number of para-hydroxylation sites is 2. The number of hydrogen-bond acceptors (Lipinski definition) is 6. The Hall–Kier alpha value is -3.06. The van der Waals surface area contributed by atoms with Gasteiger partial charge in [-0.25, -0.2) is 0 Å². The molecular weight excluding hydrogens is 362 g/mol. The molecule has 0 aliphatic heterocycles. The lowest BCUT2D eigenvalue weighted by Crippen LogP contribution is -2.04. The zero-order chi connectivity index (χ0) is 18.6. The molecule has 0 saturated heterocycles. The van der Waals surface area contributed by atoms with Gasteiger partial charge >= 0.3 is 0 Å². The summed E-state index contributed by atoms with van der Waals surface area (Å²) in [6.45, 7) is 1.96. The van der Waals surface area contributed by atoms with Crippen molar-refractivity contribution in [3.8, 4) is 17.2 Å². The van der Waals surface area contributed by atoms with E-state index < -0.39 is 0 Å². The Kier molecular flexibility index (Phi) is 4.93. The number of carbonyl (C=O) groups is 1. The topological polar surface area (TPSA) is 81.0 Å². The fraction of sp³-hybridized carbons (Fsp3) is 0.150. The summed E-state index contributed by atoms with van der Waals surface area (Å²) in [6.07, 6.45) is 1.87. The molecule has 7 heteroatoms. The van der Waals surface area contributed by atoms with E-state index in [0.717, 1.165) is 16.5 Å². The molecule has 0 amide bonds. The molecule has 0 spiro atoms. The van der Waals surface area contributed by atoms with Gasteiger partial charge in [-0.2, -0.15) is 0 Å². The third-order valence-electron chi connectivity index (χ3n) is 4.06. The zero-order valence-corrected chi connectivity index (χ0v) is 15.5. The number of H-pyrrole nitrogens is 1. The SMILES string of the molecule is CC(=O)c1ccccc1OCCSc1nnc(-c2c[nH]c3ccccc23)o1. The van der Waals surface area contributed by atoms with Gasteiger partial charge in [0, 0.05) is 22.9 Å². The van der Waals surface area contributed by atoms with Crippen molar-refractivity contribution >= 4 is 28.4 Å². The van der Waals surface area contributed by atoms with E-state index in [4.69, 9.17) is 9.15 Å². The number of rotatable bonds is 7. The Morgan fingerprint density at radius 3 is 2.85 bits per heavy atom. The van der Waals surface area contributed by atoms with Crippen molar-refractivity contribution in [2.24, 2.45) is 0 Å². The number of ketones is 1. The van der Waals surface area contributed by atoms with Crippen LogP contribution in [0.1, 0.15) is 17.3 Å². The van der Waals surface area contributed by atoms with E-state index in [9.17, 15) is 4.79 Å². The van der Waals surface area contributed by atoms with Crippen LogP contribution in [0.25, 0.3) is 22.4 Å². The molecule has 0 bridgehead atoms. The van der Waals surface area contributed by atoms with Crippen LogP contribution < -0.4 is 4.74 Å². The van der Waals surface area contributed by atoms with Crippen LogP contribution in [-0.4, -0.2) is 33.3 Å². The molecule has 1 N–H and O–H groups in total. The molecular formula is C20H17N3O3S. The molecule has 0 atom stereocenters. The van der Waals surface area contributed by atoms with E-state index in [-0.39, 0.29) is 5.78 Å². The number of nitrogens with zero attached hydrogens (tertiary/aromatic N) is 2. The molecule has 0 aliphatic rings. The molecule has 4 rings (SSSR count). The molecule has 136 valence electrons. The van der Waals surface area contributed by atoms with Crippen molar-refractivity contribution in [3.63, 3.8) is 0 Å². The Labute approximate surface area is 159 Å². The second-order valence-electron chi connectivity index (χ2n) is 5.87. The van der Waals surface area contributed by atoms with Gasteiger partial charge in [0.2, 0.25) is 0 Å². The van der Waals surface area contributed by atoms with E-state index >= 15 is 0 Å². The minimum Gasteiger partial charge on any atom is -0.492 e. The van der Waals surface area contributed by atoms with Crippen LogP contribution in [0.15, 0.2) is 64.4 Å². The number of benzene rings is 2. The van der Waals surface area contributed by atoms with Crippen LogP contribution >= 0.6 is 11.8 Å². The van der Waals surface area contributed by atoms with Crippen molar-refractivity contribution in [1.82, 2.24) is 15.2 Å². The standard InChI is InChI=1S/C20H17N3O3S/c1-13(24)14-6-3-5-9-18(14)25-10-11-27-20-23-22-19(26-20)16-12-21-17-8-4-2-7-15(16)17/h2-9,12,21H,10-11H2,1H3. The van der Waals surface area contributed by atoms with Gasteiger partial charge in [-0.15, -0.1) is 10.2 Å². The van der Waals surface area contributed by atoms with Crippen LogP contribution in [0.3, 0.4) is 0 Å². The van der Waals surface area contributed by atoms with Crippen LogP contribution in [0.2, 0.25) is 0 Å². The van der Waals surface area contributed by atoms with Crippen molar-refractivity contribution in [1.29, 1.82) is 0 Å². The summed E-state index contributed by atoms with van der Waals surface area (Å²) in [6, 6.07) is 15.2. The molecule has 0 fully saturated rings. The summed E-state index contributed by atoms with van der Waals surface area (Å²) in [5, 5.41) is 9.76. The second kappa shape index (κ2) is 7.67. The molecule has 4 aromatic rings. The Morgan fingerprint density at radius 2 is 1.96 bits per heavy atom. The summed E-state index contributed by atoms with van der Waals surface area (Å²) in [7, 11) is 0. The van der Waals surface area contributed by atoms with Gasteiger partial charge in [0.05, 0.1) is 17.7 Å². The highest BCUT2D eigenvalue weighted by Gasteiger charge is 2.13. The first-order chi connectivity index (χ1) is 13.2. The highest BCUT2D eigenvalue weighted by molar-refractivity contribution is 7.99. The quantitative estimate of drug-likeness (QED) is 0.287. The molecule has 0 unspecified atom stereocenters. The Balaban J connectivity index is 1.37. The molecule has 2 aromatic carbocycles. The van der Waals surface area contributed by atoms with Gasteiger partial charge in [0.15, 0.2) is 5.78 Å². The monoisotopic (exact) mass is 379 g/mol. The summed E-state index contributed by atoms with van der Waals surface area (Å²) in [5.74, 6) is 1.69. The number of hydrogen-bond donors (Lipinski definition) is 1. The normalized spacial score (nSPS) is 11.0. The fourth-order valence-corrected chi connectivity index (χ4v) is 3.37. The van der Waals surface area contributed by atoms with Crippen LogP contribution in [-0.2, 0) is 0 Å². The predicted molar refractivity (Wildman–Crippen MR) is 104 cm³/mol. The average molecular weight is 379 g/mol. The highest BCUT2D eigenvalue weighted by atomic mass is 32.2. The van der Waals surface area contributed by atoms with E-state index in [1.54, 1.807) is 12.1 Å². The molecule has 6 nitrogen and oxygen atoms in total. The number of aromatic nitrogens is 3. The van der Waals surface area contributed by atoms with Crippen molar-refractivity contribution in [2.75, 3.05) is 12.4 Å². The first kappa shape index (κ1) is 17.4. The number of nitrogens with one attached hydrogen (secondary N) is 1. The Bertz CT molecular complexity index is 1090. The van der Waals surface area contributed by atoms with Gasteiger partial charge in [0.25, 0.3) is 11.1 Å². The molecule has 2 heterocycles. The van der Waals surface area contributed by atoms with Crippen LogP contribution in [0, 0.1) is 0 Å². The largest absolute Gasteiger partial charge is 0.492 e. The van der Waals surface area contributed by atoms with Crippen molar-refractivity contribution < 1.29 is 13.9 Å². The smallest absolute Gasteiger partial charge is 0.276 e. The van der Waals surface area contributed by atoms with E-state index in [1.807, 2.05) is 42.6 Å². The van der Waals surface area contributed by atoms with Gasteiger partial charge in [-0.3, -0.25) is 4.79 Å². The third-order valence-corrected chi connectivity index (χ3v) is 4.84. The fourth-order valence-electron chi connectivity index (χ4n) is 2.79. The lowest BCUT2D eigenvalue weighted by atomic mass is 10.1. The summed E-state index contributed by atoms with van der Waals surface area (Å²) in [4.78, 5) is 14.8. The number of fused-ring (bicyclic) bond motifs is 1. The molecule has 2 aromatic heterocycles. The van der Waals surface area contributed by atoms with Gasteiger partial charge in [-0.1, -0.05) is 42.1 Å². The van der Waals surface area contributed by atoms with Crippen LogP contribution in [0.4, 0.5) is 0 Å². The maximum absolute atomic E-state index is 11.6. The maximum atomic E-state index is 11.6. The lowest BCUT2D eigenvalue weighted by Gasteiger charge is -2.08. The summed E-state index contributed by atoms with van der Waals surface area (Å²) >= 11 is 1.42. The minimum atomic E-state index is -0.0153. The average Bonchev–Trinajstić information content (AvgIpc) is 3.32. The van der Waals surface area contributed by atoms with Crippen molar-refractivity contribution in [2.45, 2.75) is 12.1 Å². The minimum absolute atomic E-state index is 0.0153. The van der Waals surface area contributed by atoms with E-state index in [0.29, 0.717) is 34.8 Å². The maximum Gasteiger partial charge on any atom is 0.276 e. The molecule has 0 aliphatic carbocycles.